The van der Waals surface area contributed by atoms with Crippen LogP contribution in [0.1, 0.15) is 11.4 Å². The first kappa shape index (κ1) is 10.8. The second-order valence-electron chi connectivity index (χ2n) is 4.30. The van der Waals surface area contributed by atoms with Gasteiger partial charge in [0.05, 0.1) is 17.2 Å². The number of pyridine rings is 1. The van der Waals surface area contributed by atoms with Crippen LogP contribution in [0.4, 0.5) is 0 Å². The summed E-state index contributed by atoms with van der Waals surface area (Å²) in [5.41, 5.74) is 3.01. The molecule has 0 radical (unpaired) electrons. The molecule has 4 heteroatoms. The maximum Gasteiger partial charge on any atom is 0.115 e. The monoisotopic (exact) mass is 239 g/mol. The zero-order valence-electron chi connectivity index (χ0n) is 10.0. The number of aromatic hydroxyl groups is 1. The first-order valence-corrected chi connectivity index (χ1v) is 5.77. The second-order valence-corrected chi connectivity index (χ2v) is 4.30. The fourth-order valence-electron chi connectivity index (χ4n) is 2.09. The van der Waals surface area contributed by atoms with Gasteiger partial charge < -0.3 is 9.67 Å². The molecule has 0 bridgehead atoms. The topological polar surface area (TPSA) is 50.9 Å². The van der Waals surface area contributed by atoms with Crippen LogP contribution in [-0.4, -0.2) is 19.6 Å². The summed E-state index contributed by atoms with van der Waals surface area (Å²) < 4.78 is 2.03. The van der Waals surface area contributed by atoms with Crippen LogP contribution in [0.3, 0.4) is 0 Å². The number of phenols is 1. The Balaban J connectivity index is 2.02. The Morgan fingerprint density at radius 3 is 2.94 bits per heavy atom. The minimum Gasteiger partial charge on any atom is -0.508 e. The Kier molecular flexibility index (Phi) is 2.48. The van der Waals surface area contributed by atoms with Gasteiger partial charge in [0.15, 0.2) is 0 Å². The molecular weight excluding hydrogens is 226 g/mol. The molecule has 0 fully saturated rings. The minimum atomic E-state index is 0.285. The highest BCUT2D eigenvalue weighted by atomic mass is 16.3. The molecule has 3 rings (SSSR count). The maximum absolute atomic E-state index is 9.46. The van der Waals surface area contributed by atoms with Gasteiger partial charge in [-0.05, 0) is 23.8 Å². The molecule has 3 aromatic rings. The van der Waals surface area contributed by atoms with Crippen LogP contribution in [0, 0.1) is 0 Å². The van der Waals surface area contributed by atoms with Crippen LogP contribution < -0.4 is 0 Å². The Morgan fingerprint density at radius 2 is 2.17 bits per heavy atom. The Hall–Kier alpha value is -2.36. The van der Waals surface area contributed by atoms with Crippen molar-refractivity contribution >= 4 is 11.0 Å². The molecule has 4 nitrogen and oxygen atoms in total. The van der Waals surface area contributed by atoms with Gasteiger partial charge in [-0.1, -0.05) is 12.1 Å². The van der Waals surface area contributed by atoms with Crippen molar-refractivity contribution in [1.29, 1.82) is 0 Å². The molecule has 18 heavy (non-hydrogen) atoms. The average Bonchev–Trinajstić information content (AvgIpc) is 2.67. The van der Waals surface area contributed by atoms with Crippen molar-refractivity contribution in [3.05, 3.63) is 54.1 Å². The lowest BCUT2D eigenvalue weighted by molar-refractivity contribution is 0.474. The van der Waals surface area contributed by atoms with Crippen LogP contribution in [0.15, 0.2) is 42.7 Å². The SMILES string of the molecule is Cn1c(Cc2cccc(O)c2)nc2ccncc21. The fourth-order valence-corrected chi connectivity index (χ4v) is 2.09. The van der Waals surface area contributed by atoms with Gasteiger partial charge in [-0.25, -0.2) is 4.98 Å². The van der Waals surface area contributed by atoms with Gasteiger partial charge in [-0.2, -0.15) is 0 Å². The van der Waals surface area contributed by atoms with Crippen molar-refractivity contribution in [3.8, 4) is 5.75 Å². The Labute approximate surface area is 105 Å². The lowest BCUT2D eigenvalue weighted by atomic mass is 10.1. The molecule has 2 heterocycles. The van der Waals surface area contributed by atoms with E-state index in [-0.39, 0.29) is 5.75 Å². The number of aryl methyl sites for hydroxylation is 1. The van der Waals surface area contributed by atoms with Crippen molar-refractivity contribution in [3.63, 3.8) is 0 Å². The molecule has 1 aromatic carbocycles. The lowest BCUT2D eigenvalue weighted by Gasteiger charge is -2.03. The third-order valence-corrected chi connectivity index (χ3v) is 3.05. The van der Waals surface area contributed by atoms with Crippen LogP contribution >= 0.6 is 0 Å². The fraction of sp³-hybridized carbons (Fsp3) is 0.143. The number of aromatic nitrogens is 3. The molecule has 0 saturated carbocycles. The predicted octanol–water partition coefficient (Wildman–Crippen LogP) is 2.26. The van der Waals surface area contributed by atoms with E-state index < -0.39 is 0 Å². The van der Waals surface area contributed by atoms with Crippen molar-refractivity contribution in [1.82, 2.24) is 14.5 Å². The smallest absolute Gasteiger partial charge is 0.115 e. The van der Waals surface area contributed by atoms with E-state index in [4.69, 9.17) is 0 Å². The van der Waals surface area contributed by atoms with E-state index in [9.17, 15) is 5.11 Å². The molecule has 0 spiro atoms. The summed E-state index contributed by atoms with van der Waals surface area (Å²) in [7, 11) is 1.98. The quantitative estimate of drug-likeness (QED) is 0.746. The maximum atomic E-state index is 9.46. The number of hydrogen-bond donors (Lipinski definition) is 1. The number of benzene rings is 1. The largest absolute Gasteiger partial charge is 0.508 e. The van der Waals surface area contributed by atoms with Gasteiger partial charge in [0.25, 0.3) is 0 Å². The number of rotatable bonds is 2. The van der Waals surface area contributed by atoms with E-state index in [1.807, 2.05) is 36.0 Å². The molecular formula is C14H13N3O. The highest BCUT2D eigenvalue weighted by Crippen LogP contribution is 2.18. The summed E-state index contributed by atoms with van der Waals surface area (Å²) in [6.07, 6.45) is 4.25. The van der Waals surface area contributed by atoms with E-state index in [0.717, 1.165) is 22.4 Å². The van der Waals surface area contributed by atoms with Crippen LogP contribution in [0.5, 0.6) is 5.75 Å². The van der Waals surface area contributed by atoms with Crippen LogP contribution in [-0.2, 0) is 13.5 Å². The molecule has 0 atom stereocenters. The summed E-state index contributed by atoms with van der Waals surface area (Å²) in [5.74, 6) is 1.25. The molecule has 1 N–H and O–H groups in total. The van der Waals surface area contributed by atoms with Gasteiger partial charge in [0, 0.05) is 19.7 Å². The van der Waals surface area contributed by atoms with Gasteiger partial charge in [0.1, 0.15) is 11.6 Å². The highest BCUT2D eigenvalue weighted by molar-refractivity contribution is 5.74. The molecule has 0 saturated heterocycles. The molecule has 2 aromatic heterocycles. The van der Waals surface area contributed by atoms with E-state index >= 15 is 0 Å². The number of imidazole rings is 1. The molecule has 0 aliphatic carbocycles. The first-order chi connectivity index (χ1) is 8.74. The van der Waals surface area contributed by atoms with Gasteiger partial charge in [0.2, 0.25) is 0 Å². The van der Waals surface area contributed by atoms with Gasteiger partial charge >= 0.3 is 0 Å². The van der Waals surface area contributed by atoms with Crippen molar-refractivity contribution < 1.29 is 5.11 Å². The molecule has 0 amide bonds. The van der Waals surface area contributed by atoms with Crippen molar-refractivity contribution in [2.45, 2.75) is 6.42 Å². The Bertz CT molecular complexity index is 703. The first-order valence-electron chi connectivity index (χ1n) is 5.77. The van der Waals surface area contributed by atoms with E-state index in [1.54, 1.807) is 18.3 Å². The normalized spacial score (nSPS) is 10.9. The Morgan fingerprint density at radius 1 is 1.28 bits per heavy atom. The van der Waals surface area contributed by atoms with E-state index in [1.165, 1.54) is 0 Å². The third kappa shape index (κ3) is 1.82. The molecule has 0 aliphatic rings. The molecule has 0 aliphatic heterocycles. The van der Waals surface area contributed by atoms with E-state index in [2.05, 4.69) is 9.97 Å². The second kappa shape index (κ2) is 4.14. The number of fused-ring (bicyclic) bond motifs is 1. The van der Waals surface area contributed by atoms with Gasteiger partial charge in [-0.15, -0.1) is 0 Å². The number of nitrogens with zero attached hydrogens (tertiary/aromatic N) is 3. The van der Waals surface area contributed by atoms with Crippen molar-refractivity contribution in [2.24, 2.45) is 7.05 Å². The van der Waals surface area contributed by atoms with Crippen molar-refractivity contribution in [2.75, 3.05) is 0 Å². The summed E-state index contributed by atoms with van der Waals surface area (Å²) in [6, 6.07) is 9.16. The lowest BCUT2D eigenvalue weighted by Crippen LogP contribution is -1.98. The molecule has 90 valence electrons. The minimum absolute atomic E-state index is 0.285. The highest BCUT2D eigenvalue weighted by Gasteiger charge is 2.08. The predicted molar refractivity (Wildman–Crippen MR) is 69.4 cm³/mol. The van der Waals surface area contributed by atoms with E-state index in [0.29, 0.717) is 6.42 Å². The standard InChI is InChI=1S/C14H13N3O/c1-17-13-9-15-6-5-12(13)16-14(17)8-10-3-2-4-11(18)7-10/h2-7,9,18H,8H2,1H3. The zero-order chi connectivity index (χ0) is 12.5. The zero-order valence-corrected chi connectivity index (χ0v) is 10.0. The summed E-state index contributed by atoms with van der Waals surface area (Å²) in [5, 5.41) is 9.46. The third-order valence-electron chi connectivity index (χ3n) is 3.05. The average molecular weight is 239 g/mol. The van der Waals surface area contributed by atoms with Crippen LogP contribution in [0.2, 0.25) is 0 Å². The number of phenolic OH excluding ortho intramolecular Hbond substituents is 1. The summed E-state index contributed by atoms with van der Waals surface area (Å²) in [4.78, 5) is 8.69. The van der Waals surface area contributed by atoms with Crippen LogP contribution in [0.25, 0.3) is 11.0 Å². The molecule has 0 unspecified atom stereocenters. The summed E-state index contributed by atoms with van der Waals surface area (Å²) >= 11 is 0. The summed E-state index contributed by atoms with van der Waals surface area (Å²) in [6.45, 7) is 0. The van der Waals surface area contributed by atoms with Gasteiger partial charge in [-0.3, -0.25) is 4.98 Å². The number of hydrogen-bond acceptors (Lipinski definition) is 3.